The summed E-state index contributed by atoms with van der Waals surface area (Å²) in [4.78, 5) is -0.0933. The highest BCUT2D eigenvalue weighted by atomic mass is 32.2. The fourth-order valence-electron chi connectivity index (χ4n) is 2.38. The van der Waals surface area contributed by atoms with Crippen LogP contribution in [0.3, 0.4) is 0 Å². The van der Waals surface area contributed by atoms with E-state index in [9.17, 15) is 22.1 Å². The maximum absolute atomic E-state index is 12.7. The minimum absolute atomic E-state index is 0.0933. The molecule has 2 aromatic carbocycles. The quantitative estimate of drug-likeness (QED) is 0.644. The third kappa shape index (κ3) is 5.93. The summed E-state index contributed by atoms with van der Waals surface area (Å²) in [5.74, 6) is 0.0710. The van der Waals surface area contributed by atoms with Gasteiger partial charge in [-0.25, -0.2) is 21.1 Å². The number of anilines is 1. The van der Waals surface area contributed by atoms with Gasteiger partial charge in [0.15, 0.2) is 0 Å². The van der Waals surface area contributed by atoms with Gasteiger partial charge in [-0.1, -0.05) is 19.1 Å². The Hall–Kier alpha value is -2.61. The molecule has 8 nitrogen and oxygen atoms in total. The van der Waals surface area contributed by atoms with Gasteiger partial charge < -0.3 is 4.74 Å². The van der Waals surface area contributed by atoms with E-state index < -0.39 is 20.0 Å². The Morgan fingerprint density at radius 3 is 2.45 bits per heavy atom. The minimum Gasteiger partial charge on any atom is -0.492 e. The second kappa shape index (κ2) is 9.26. The molecule has 29 heavy (non-hydrogen) atoms. The van der Waals surface area contributed by atoms with E-state index in [0.717, 1.165) is 10.7 Å². The fraction of sp³-hybridized carbons (Fsp3) is 0.316. The zero-order valence-electron chi connectivity index (χ0n) is 16.4. The minimum atomic E-state index is -3.98. The van der Waals surface area contributed by atoms with Crippen LogP contribution in [0.15, 0.2) is 47.4 Å². The van der Waals surface area contributed by atoms with Crippen molar-refractivity contribution in [1.29, 1.82) is 5.26 Å². The molecule has 0 radical (unpaired) electrons. The van der Waals surface area contributed by atoms with Crippen molar-refractivity contribution in [2.24, 2.45) is 0 Å². The highest BCUT2D eigenvalue weighted by molar-refractivity contribution is 7.92. The Kier molecular flexibility index (Phi) is 7.24. The van der Waals surface area contributed by atoms with Crippen molar-refractivity contribution in [3.05, 3.63) is 53.6 Å². The number of nitrogens with zero attached hydrogens (tertiary/aromatic N) is 2. The van der Waals surface area contributed by atoms with E-state index in [1.54, 1.807) is 12.1 Å². The first kappa shape index (κ1) is 22.7. The summed E-state index contributed by atoms with van der Waals surface area (Å²) >= 11 is 0. The monoisotopic (exact) mass is 437 g/mol. The lowest BCUT2D eigenvalue weighted by Gasteiger charge is -2.13. The van der Waals surface area contributed by atoms with Gasteiger partial charge in [-0.05, 0) is 42.3 Å². The molecular formula is C19H23N3O5S2. The molecule has 0 aliphatic rings. The Morgan fingerprint density at radius 1 is 1.10 bits per heavy atom. The SMILES string of the molecule is CCCOc1ccc(S(=O)(=O)Nc2cccc(CS(=O)(=O)N(C)C)c2)cc1C#N. The van der Waals surface area contributed by atoms with Crippen LogP contribution in [0.1, 0.15) is 24.5 Å². The number of hydrogen-bond donors (Lipinski definition) is 1. The van der Waals surface area contributed by atoms with E-state index in [1.165, 1.54) is 44.4 Å². The molecule has 0 aliphatic carbocycles. The van der Waals surface area contributed by atoms with E-state index in [2.05, 4.69) is 4.72 Å². The zero-order chi connectivity index (χ0) is 21.7. The third-order valence-corrected chi connectivity index (χ3v) is 7.12. The van der Waals surface area contributed by atoms with Crippen LogP contribution in [-0.4, -0.2) is 41.8 Å². The third-order valence-electron chi connectivity index (χ3n) is 3.93. The Balaban J connectivity index is 2.28. The van der Waals surface area contributed by atoms with Crippen molar-refractivity contribution in [2.75, 3.05) is 25.4 Å². The number of rotatable bonds is 9. The fourth-order valence-corrected chi connectivity index (χ4v) is 4.31. The number of nitriles is 1. The molecule has 0 aliphatic heterocycles. The maximum Gasteiger partial charge on any atom is 0.261 e. The van der Waals surface area contributed by atoms with Crippen molar-refractivity contribution in [3.63, 3.8) is 0 Å². The van der Waals surface area contributed by atoms with E-state index in [4.69, 9.17) is 4.74 Å². The lowest BCUT2D eigenvalue weighted by Crippen LogP contribution is -2.23. The van der Waals surface area contributed by atoms with Crippen LogP contribution in [0.5, 0.6) is 5.75 Å². The van der Waals surface area contributed by atoms with Gasteiger partial charge in [-0.15, -0.1) is 0 Å². The second-order valence-corrected chi connectivity index (χ2v) is 10.3. The molecule has 0 saturated carbocycles. The standard InChI is InChI=1S/C19H23N3O5S2/c1-4-10-27-19-9-8-18(12-16(19)13-20)29(25,26)21-17-7-5-6-15(11-17)14-28(23,24)22(2)3/h5-9,11-12,21H,4,10,14H2,1-3H3. The Morgan fingerprint density at radius 2 is 1.83 bits per heavy atom. The topological polar surface area (TPSA) is 117 Å². The second-order valence-electron chi connectivity index (χ2n) is 6.46. The summed E-state index contributed by atoms with van der Waals surface area (Å²) < 4.78 is 58.5. The van der Waals surface area contributed by atoms with Gasteiger partial charge in [0.05, 0.1) is 22.8 Å². The van der Waals surface area contributed by atoms with E-state index in [-0.39, 0.29) is 21.9 Å². The summed E-state index contributed by atoms with van der Waals surface area (Å²) in [6.07, 6.45) is 0.756. The first-order valence-electron chi connectivity index (χ1n) is 8.78. The average molecular weight is 438 g/mol. The van der Waals surface area contributed by atoms with E-state index in [1.807, 2.05) is 13.0 Å². The number of sulfonamides is 2. The van der Waals surface area contributed by atoms with E-state index in [0.29, 0.717) is 17.9 Å². The molecule has 156 valence electrons. The average Bonchev–Trinajstić information content (AvgIpc) is 2.65. The van der Waals surface area contributed by atoms with Crippen molar-refractivity contribution in [1.82, 2.24) is 4.31 Å². The molecule has 1 N–H and O–H groups in total. The van der Waals surface area contributed by atoms with Gasteiger partial charge in [-0.2, -0.15) is 5.26 Å². The molecule has 0 spiro atoms. The van der Waals surface area contributed by atoms with Crippen LogP contribution < -0.4 is 9.46 Å². The molecule has 2 aromatic rings. The molecule has 0 unspecified atom stereocenters. The molecule has 0 heterocycles. The van der Waals surface area contributed by atoms with E-state index >= 15 is 0 Å². The molecule has 10 heteroatoms. The highest BCUT2D eigenvalue weighted by Gasteiger charge is 2.19. The Labute approximate surface area is 171 Å². The van der Waals surface area contributed by atoms with Crippen molar-refractivity contribution in [2.45, 2.75) is 24.0 Å². The number of hydrogen-bond acceptors (Lipinski definition) is 6. The molecule has 0 bridgehead atoms. The molecular weight excluding hydrogens is 414 g/mol. The molecule has 0 fully saturated rings. The van der Waals surface area contributed by atoms with Crippen LogP contribution in [0, 0.1) is 11.3 Å². The molecule has 0 saturated heterocycles. The summed E-state index contributed by atoms with van der Waals surface area (Å²) in [5, 5.41) is 9.28. The van der Waals surface area contributed by atoms with Crippen LogP contribution in [-0.2, 0) is 25.8 Å². The number of ether oxygens (including phenoxy) is 1. The highest BCUT2D eigenvalue weighted by Crippen LogP contribution is 2.24. The number of benzene rings is 2. The first-order valence-corrected chi connectivity index (χ1v) is 11.9. The smallest absolute Gasteiger partial charge is 0.261 e. The molecule has 0 amide bonds. The lowest BCUT2D eigenvalue weighted by molar-refractivity contribution is 0.316. The predicted molar refractivity (Wildman–Crippen MR) is 111 cm³/mol. The zero-order valence-corrected chi connectivity index (χ0v) is 18.0. The molecule has 2 rings (SSSR count). The normalized spacial score (nSPS) is 11.8. The van der Waals surface area contributed by atoms with Gasteiger partial charge in [-0.3, -0.25) is 4.72 Å². The summed E-state index contributed by atoms with van der Waals surface area (Å²) in [6, 6.07) is 12.1. The number of nitrogens with one attached hydrogen (secondary N) is 1. The van der Waals surface area contributed by atoms with Gasteiger partial charge in [0.25, 0.3) is 10.0 Å². The van der Waals surface area contributed by atoms with Crippen LogP contribution >= 0.6 is 0 Å². The van der Waals surface area contributed by atoms with Crippen molar-refractivity contribution < 1.29 is 21.6 Å². The summed E-state index contributed by atoms with van der Waals surface area (Å²) in [5.41, 5.74) is 0.786. The lowest BCUT2D eigenvalue weighted by atomic mass is 10.2. The summed E-state index contributed by atoms with van der Waals surface area (Å²) in [6.45, 7) is 2.34. The van der Waals surface area contributed by atoms with Gasteiger partial charge in [0.1, 0.15) is 11.8 Å². The first-order chi connectivity index (χ1) is 13.6. The largest absolute Gasteiger partial charge is 0.492 e. The van der Waals surface area contributed by atoms with Gasteiger partial charge in [0.2, 0.25) is 10.0 Å². The van der Waals surface area contributed by atoms with Gasteiger partial charge in [0, 0.05) is 19.8 Å². The molecule has 0 atom stereocenters. The van der Waals surface area contributed by atoms with Crippen LogP contribution in [0.2, 0.25) is 0 Å². The van der Waals surface area contributed by atoms with Crippen LogP contribution in [0.25, 0.3) is 0 Å². The summed E-state index contributed by atoms with van der Waals surface area (Å²) in [7, 11) is -4.59. The van der Waals surface area contributed by atoms with Crippen molar-refractivity contribution in [3.8, 4) is 11.8 Å². The predicted octanol–water partition coefficient (Wildman–Crippen LogP) is 2.54. The maximum atomic E-state index is 12.7. The molecule has 0 aromatic heterocycles. The Bertz CT molecular complexity index is 1120. The van der Waals surface area contributed by atoms with Crippen molar-refractivity contribution >= 4 is 25.7 Å². The van der Waals surface area contributed by atoms with Crippen LogP contribution in [0.4, 0.5) is 5.69 Å². The van der Waals surface area contributed by atoms with Gasteiger partial charge >= 0.3 is 0 Å².